The number of fused-ring (bicyclic) bond motifs is 3. The molecule has 1 saturated heterocycles. The van der Waals surface area contributed by atoms with E-state index in [-0.39, 0.29) is 30.7 Å². The number of ether oxygens (including phenoxy) is 2. The fraction of sp³-hybridized carbons (Fsp3) is 0.471. The maximum atomic E-state index is 15.0. The number of halogens is 2. The van der Waals surface area contributed by atoms with E-state index in [1.807, 2.05) is 11.0 Å². The number of carbonyl (C=O) groups is 2. The minimum absolute atomic E-state index is 0.00991. The van der Waals surface area contributed by atoms with Crippen LogP contribution in [0.3, 0.4) is 0 Å². The van der Waals surface area contributed by atoms with Gasteiger partial charge in [-0.2, -0.15) is 5.10 Å². The topological polar surface area (TPSA) is 94.7 Å². The van der Waals surface area contributed by atoms with Gasteiger partial charge in [-0.15, -0.1) is 0 Å². The Morgan fingerprint density at radius 1 is 1.13 bits per heavy atom. The standard InChI is InChI=1S/C34H38F2N6O4/c1-3-46-32(44)20-40-18-27(26-17-37-10-6-29(26)40)24-15-22-5-4-11-41(31(22)16-25(24)33(35)36)34-28-19-39(21(2)43)12-7-30(28)42(38-34)23-8-13-45-14-9-23/h6,10,15-18,23,33H,3-5,7-9,11-14,19-20H2,1-2H3. The van der Waals surface area contributed by atoms with Gasteiger partial charge in [-0.3, -0.25) is 19.3 Å². The van der Waals surface area contributed by atoms with Crippen molar-refractivity contribution in [2.24, 2.45) is 0 Å². The highest BCUT2D eigenvalue weighted by molar-refractivity contribution is 5.97. The van der Waals surface area contributed by atoms with Crippen LogP contribution in [0.15, 0.2) is 36.8 Å². The molecule has 4 aromatic rings. The second kappa shape index (κ2) is 12.5. The van der Waals surface area contributed by atoms with Crippen molar-refractivity contribution in [3.63, 3.8) is 0 Å². The molecular formula is C34H38F2N6O4. The molecule has 3 aromatic heterocycles. The highest BCUT2D eigenvalue weighted by Gasteiger charge is 2.34. The molecular weight excluding hydrogens is 594 g/mol. The van der Waals surface area contributed by atoms with Gasteiger partial charge in [-0.25, -0.2) is 8.78 Å². The van der Waals surface area contributed by atoms with Gasteiger partial charge in [0.2, 0.25) is 5.91 Å². The molecule has 46 heavy (non-hydrogen) atoms. The van der Waals surface area contributed by atoms with Gasteiger partial charge in [0.1, 0.15) is 6.54 Å². The SMILES string of the molecule is CCOC(=O)Cn1cc(-c2cc3c(cc2C(F)F)N(c2nn(C4CCOCC4)c4c2CN(C(C)=O)CC4)CCC3)c2cnccc21. The molecule has 0 aliphatic carbocycles. The maximum Gasteiger partial charge on any atom is 0.325 e. The minimum atomic E-state index is -2.74. The summed E-state index contributed by atoms with van der Waals surface area (Å²) >= 11 is 0. The summed E-state index contributed by atoms with van der Waals surface area (Å²) in [6, 6.07) is 5.47. The van der Waals surface area contributed by atoms with E-state index in [1.165, 1.54) is 0 Å². The lowest BCUT2D eigenvalue weighted by Crippen LogP contribution is -2.36. The molecule has 0 radical (unpaired) electrons. The highest BCUT2D eigenvalue weighted by Crippen LogP contribution is 2.45. The van der Waals surface area contributed by atoms with E-state index in [0.717, 1.165) is 59.5 Å². The van der Waals surface area contributed by atoms with Crippen molar-refractivity contribution >= 4 is 34.3 Å². The predicted molar refractivity (Wildman–Crippen MR) is 168 cm³/mol. The lowest BCUT2D eigenvalue weighted by Gasteiger charge is -2.33. The normalized spacial score (nSPS) is 17.0. The van der Waals surface area contributed by atoms with E-state index in [9.17, 15) is 18.4 Å². The quantitative estimate of drug-likeness (QED) is 0.240. The third-order valence-electron chi connectivity index (χ3n) is 9.48. The first-order chi connectivity index (χ1) is 22.3. The molecule has 242 valence electrons. The van der Waals surface area contributed by atoms with Crippen LogP contribution in [0.25, 0.3) is 22.0 Å². The molecule has 0 N–H and O–H groups in total. The molecule has 0 unspecified atom stereocenters. The number of nitrogens with zero attached hydrogens (tertiary/aromatic N) is 6. The van der Waals surface area contributed by atoms with E-state index >= 15 is 0 Å². The number of rotatable bonds is 7. The van der Waals surface area contributed by atoms with Crippen LogP contribution in [-0.4, -0.2) is 69.0 Å². The average molecular weight is 633 g/mol. The van der Waals surface area contributed by atoms with Gasteiger partial charge in [0.05, 0.1) is 24.7 Å². The van der Waals surface area contributed by atoms with E-state index in [4.69, 9.17) is 14.6 Å². The molecule has 12 heteroatoms. The lowest BCUT2D eigenvalue weighted by atomic mass is 9.91. The van der Waals surface area contributed by atoms with Crippen molar-refractivity contribution < 1.29 is 27.8 Å². The summed E-state index contributed by atoms with van der Waals surface area (Å²) < 4.78 is 44.7. The van der Waals surface area contributed by atoms with Gasteiger partial charge >= 0.3 is 5.97 Å². The van der Waals surface area contributed by atoms with Crippen LogP contribution in [0.1, 0.15) is 68.0 Å². The molecule has 1 fully saturated rings. The first kappa shape index (κ1) is 30.3. The number of hydrogen-bond acceptors (Lipinski definition) is 7. The Morgan fingerprint density at radius 3 is 2.72 bits per heavy atom. The van der Waals surface area contributed by atoms with Crippen molar-refractivity contribution in [1.82, 2.24) is 24.2 Å². The van der Waals surface area contributed by atoms with E-state index in [2.05, 4.69) is 14.6 Å². The molecule has 6 heterocycles. The third kappa shape index (κ3) is 5.42. The zero-order chi connectivity index (χ0) is 31.9. The molecule has 3 aliphatic heterocycles. The lowest BCUT2D eigenvalue weighted by molar-refractivity contribution is -0.143. The zero-order valence-corrected chi connectivity index (χ0v) is 26.2. The van der Waals surface area contributed by atoms with Crippen molar-refractivity contribution in [2.45, 2.75) is 71.5 Å². The van der Waals surface area contributed by atoms with Gasteiger partial charge in [-0.05, 0) is 61.9 Å². The number of anilines is 2. The molecule has 0 bridgehead atoms. The minimum Gasteiger partial charge on any atom is -0.465 e. The zero-order valence-electron chi connectivity index (χ0n) is 26.2. The van der Waals surface area contributed by atoms with Crippen LogP contribution in [0.5, 0.6) is 0 Å². The number of alkyl halides is 2. The third-order valence-corrected chi connectivity index (χ3v) is 9.48. The first-order valence-corrected chi connectivity index (χ1v) is 16.1. The largest absolute Gasteiger partial charge is 0.465 e. The summed E-state index contributed by atoms with van der Waals surface area (Å²) in [6.07, 6.45) is 6.25. The number of pyridine rings is 1. The summed E-state index contributed by atoms with van der Waals surface area (Å²) in [5.41, 5.74) is 5.45. The number of esters is 1. The molecule has 0 spiro atoms. The Balaban J connectivity index is 1.34. The van der Waals surface area contributed by atoms with Crippen LogP contribution >= 0.6 is 0 Å². The Labute approximate surface area is 265 Å². The fourth-order valence-corrected chi connectivity index (χ4v) is 7.26. The Bertz CT molecular complexity index is 1790. The van der Waals surface area contributed by atoms with E-state index in [0.29, 0.717) is 55.8 Å². The molecule has 1 amide bonds. The van der Waals surface area contributed by atoms with Gasteiger partial charge in [-0.1, -0.05) is 0 Å². The Morgan fingerprint density at radius 2 is 1.96 bits per heavy atom. The smallest absolute Gasteiger partial charge is 0.325 e. The van der Waals surface area contributed by atoms with Crippen LogP contribution in [0.2, 0.25) is 0 Å². The van der Waals surface area contributed by atoms with Gasteiger partial charge in [0.15, 0.2) is 5.82 Å². The van der Waals surface area contributed by atoms with E-state index in [1.54, 1.807) is 49.1 Å². The fourth-order valence-electron chi connectivity index (χ4n) is 7.26. The van der Waals surface area contributed by atoms with Crippen LogP contribution in [-0.2, 0) is 45.0 Å². The van der Waals surface area contributed by atoms with Gasteiger partial charge in [0.25, 0.3) is 6.43 Å². The molecule has 0 saturated carbocycles. The number of hydrogen-bond donors (Lipinski definition) is 0. The predicted octanol–water partition coefficient (Wildman–Crippen LogP) is 5.74. The Kier molecular flexibility index (Phi) is 8.22. The molecule has 7 rings (SSSR count). The van der Waals surface area contributed by atoms with Gasteiger partial charge in [0, 0.05) is 91.7 Å². The summed E-state index contributed by atoms with van der Waals surface area (Å²) in [5, 5.41) is 5.87. The van der Waals surface area contributed by atoms with Crippen LogP contribution in [0.4, 0.5) is 20.3 Å². The van der Waals surface area contributed by atoms with E-state index < -0.39 is 12.4 Å². The summed E-state index contributed by atoms with van der Waals surface area (Å²) in [4.78, 5) is 33.0. The first-order valence-electron chi connectivity index (χ1n) is 16.1. The second-order valence-electron chi connectivity index (χ2n) is 12.2. The number of carbonyl (C=O) groups excluding carboxylic acids is 2. The average Bonchev–Trinajstić information content (AvgIpc) is 3.62. The molecule has 10 nitrogen and oxygen atoms in total. The summed E-state index contributed by atoms with van der Waals surface area (Å²) in [5.74, 6) is 0.358. The van der Waals surface area contributed by atoms with Gasteiger partial charge < -0.3 is 23.8 Å². The number of aromatic nitrogens is 4. The number of benzene rings is 1. The maximum absolute atomic E-state index is 15.0. The number of aryl methyl sites for hydroxylation is 1. The van der Waals surface area contributed by atoms with Crippen molar-refractivity contribution in [3.8, 4) is 11.1 Å². The summed E-state index contributed by atoms with van der Waals surface area (Å²) in [6.45, 7) is 6.61. The van der Waals surface area contributed by atoms with Crippen molar-refractivity contribution in [3.05, 3.63) is 59.2 Å². The second-order valence-corrected chi connectivity index (χ2v) is 12.2. The van der Waals surface area contributed by atoms with Crippen molar-refractivity contribution in [1.29, 1.82) is 0 Å². The van der Waals surface area contributed by atoms with Crippen molar-refractivity contribution in [2.75, 3.05) is 37.8 Å². The highest BCUT2D eigenvalue weighted by atomic mass is 19.3. The summed E-state index contributed by atoms with van der Waals surface area (Å²) in [7, 11) is 0. The molecule has 0 atom stereocenters. The van der Waals surface area contributed by atoms with Crippen LogP contribution in [0, 0.1) is 0 Å². The number of amides is 1. The monoisotopic (exact) mass is 632 g/mol. The van der Waals surface area contributed by atoms with Crippen LogP contribution < -0.4 is 4.90 Å². The molecule has 3 aliphatic rings. The molecule has 1 aromatic carbocycles. The Hall–Kier alpha value is -4.32.